The fourth-order valence-corrected chi connectivity index (χ4v) is 7.40. The summed E-state index contributed by atoms with van der Waals surface area (Å²) in [6, 6.07) is 3.38. The van der Waals surface area contributed by atoms with Crippen LogP contribution in [0, 0.1) is 22.7 Å². The Balaban J connectivity index is 1.83. The van der Waals surface area contributed by atoms with E-state index in [1.807, 2.05) is 10.5 Å². The van der Waals surface area contributed by atoms with Gasteiger partial charge in [0.05, 0.1) is 0 Å². The van der Waals surface area contributed by atoms with Gasteiger partial charge in [-0.3, -0.25) is 0 Å². The monoisotopic (exact) mass is 363 g/mol. The Morgan fingerprint density at radius 1 is 1.08 bits per heavy atom. The van der Waals surface area contributed by atoms with Crippen molar-refractivity contribution < 1.29 is 10.2 Å². The summed E-state index contributed by atoms with van der Waals surface area (Å²) in [6.07, 6.45) is 4.29. The average Bonchev–Trinajstić information content (AvgIpc) is 2.74. The Morgan fingerprint density at radius 3 is 2.52 bits per heavy atom. The Bertz CT molecular complexity index is 718. The first kappa shape index (κ1) is 17.5. The Kier molecular flexibility index (Phi) is 3.70. The lowest BCUT2D eigenvalue weighted by Gasteiger charge is -2.57. The maximum atomic E-state index is 10.6. The van der Waals surface area contributed by atoms with Crippen molar-refractivity contribution in [1.82, 2.24) is 4.42 Å². The first-order chi connectivity index (χ1) is 11.6. The van der Waals surface area contributed by atoms with E-state index in [9.17, 15) is 10.2 Å². The number of hydrogen-bond donors (Lipinski definition) is 2. The van der Waals surface area contributed by atoms with E-state index >= 15 is 0 Å². The second-order valence-corrected chi connectivity index (χ2v) is 10.3. The van der Waals surface area contributed by atoms with Gasteiger partial charge >= 0.3 is 0 Å². The predicted octanol–water partition coefficient (Wildman–Crippen LogP) is 4.83. The minimum absolute atomic E-state index is 0.0179. The molecule has 4 rings (SSSR count). The molecule has 138 valence electrons. The molecule has 0 bridgehead atoms. The highest BCUT2D eigenvalue weighted by Gasteiger charge is 2.61. The number of nitrogens with zero attached hydrogens (tertiary/aromatic N) is 1. The van der Waals surface area contributed by atoms with E-state index in [1.54, 1.807) is 0 Å². The van der Waals surface area contributed by atoms with Gasteiger partial charge in [-0.25, -0.2) is 4.42 Å². The van der Waals surface area contributed by atoms with Crippen molar-refractivity contribution in [2.75, 3.05) is 13.1 Å². The lowest BCUT2D eigenvalue weighted by atomic mass is 9.47. The number of phenols is 2. The van der Waals surface area contributed by atoms with Gasteiger partial charge < -0.3 is 10.2 Å². The summed E-state index contributed by atoms with van der Waals surface area (Å²) < 4.78 is 1.98. The molecule has 3 aliphatic rings. The molecule has 2 aliphatic carbocycles. The van der Waals surface area contributed by atoms with Crippen LogP contribution in [0.5, 0.6) is 11.5 Å². The Morgan fingerprint density at radius 2 is 1.80 bits per heavy atom. The fourth-order valence-electron chi connectivity index (χ4n) is 7.01. The number of fused-ring (bicyclic) bond motifs is 5. The molecule has 1 aliphatic heterocycles. The van der Waals surface area contributed by atoms with Crippen molar-refractivity contribution in [2.24, 2.45) is 22.7 Å². The quantitative estimate of drug-likeness (QED) is 0.649. The standard InChI is InChI=1S/C21H30ClNO2/c1-19(2)12-23(22)8-7-20(3)16(19)5-6-21(4)17(20)10-13-9-14(24)11-15(25)18(13)21/h9,11,16-17,24-25H,5-8,10,12H2,1-4H3/t16-,17+,20-,21+/m1/s1. The number of halogens is 1. The molecule has 2 N–H and O–H groups in total. The maximum absolute atomic E-state index is 10.6. The van der Waals surface area contributed by atoms with Crippen LogP contribution in [-0.4, -0.2) is 27.7 Å². The van der Waals surface area contributed by atoms with E-state index in [2.05, 4.69) is 27.7 Å². The molecule has 1 saturated carbocycles. The van der Waals surface area contributed by atoms with Gasteiger partial charge in [0.25, 0.3) is 0 Å². The minimum Gasteiger partial charge on any atom is -0.508 e. The number of benzene rings is 1. The van der Waals surface area contributed by atoms with Crippen LogP contribution in [0.1, 0.15) is 58.1 Å². The third-order valence-electron chi connectivity index (χ3n) is 7.91. The van der Waals surface area contributed by atoms with Crippen LogP contribution in [0.4, 0.5) is 0 Å². The molecule has 4 atom stereocenters. The molecule has 1 saturated heterocycles. The van der Waals surface area contributed by atoms with Gasteiger partial charge in [0, 0.05) is 30.1 Å². The Hall–Kier alpha value is -0.930. The van der Waals surface area contributed by atoms with Crippen molar-refractivity contribution >= 4 is 11.8 Å². The van der Waals surface area contributed by atoms with E-state index in [1.165, 1.54) is 12.5 Å². The molecule has 1 heterocycles. The van der Waals surface area contributed by atoms with Crippen molar-refractivity contribution in [3.8, 4) is 11.5 Å². The molecule has 0 spiro atoms. The molecule has 3 nitrogen and oxygen atoms in total. The normalized spacial score (nSPS) is 40.0. The number of hydrogen-bond acceptors (Lipinski definition) is 3. The molecule has 25 heavy (non-hydrogen) atoms. The zero-order chi connectivity index (χ0) is 18.2. The molecule has 1 aromatic rings. The van der Waals surface area contributed by atoms with Crippen LogP contribution in [0.3, 0.4) is 0 Å². The summed E-state index contributed by atoms with van der Waals surface area (Å²) in [5.41, 5.74) is 2.56. The number of rotatable bonds is 0. The lowest BCUT2D eigenvalue weighted by Crippen LogP contribution is -2.53. The van der Waals surface area contributed by atoms with Crippen molar-refractivity contribution in [3.63, 3.8) is 0 Å². The van der Waals surface area contributed by atoms with Gasteiger partial charge in [0.2, 0.25) is 0 Å². The number of aromatic hydroxyl groups is 2. The summed E-state index contributed by atoms with van der Waals surface area (Å²) in [4.78, 5) is 0. The second kappa shape index (κ2) is 5.29. The number of phenolic OH excluding ortho intramolecular Hbond substituents is 2. The molecular formula is C21H30ClNO2. The van der Waals surface area contributed by atoms with E-state index in [0.29, 0.717) is 11.8 Å². The second-order valence-electron chi connectivity index (χ2n) is 9.85. The minimum atomic E-state index is -0.0179. The summed E-state index contributed by atoms with van der Waals surface area (Å²) in [7, 11) is 0. The summed E-state index contributed by atoms with van der Waals surface area (Å²) >= 11 is 6.51. The predicted molar refractivity (Wildman–Crippen MR) is 101 cm³/mol. The zero-order valence-electron chi connectivity index (χ0n) is 15.8. The zero-order valence-corrected chi connectivity index (χ0v) is 16.5. The highest BCUT2D eigenvalue weighted by Crippen LogP contribution is 2.66. The first-order valence-corrected chi connectivity index (χ1v) is 9.88. The fraction of sp³-hybridized carbons (Fsp3) is 0.714. The van der Waals surface area contributed by atoms with Crippen molar-refractivity contribution in [2.45, 2.75) is 58.8 Å². The van der Waals surface area contributed by atoms with Gasteiger partial charge in [0.1, 0.15) is 11.5 Å². The molecule has 4 heteroatoms. The van der Waals surface area contributed by atoms with Crippen LogP contribution in [0.25, 0.3) is 0 Å². The SMILES string of the molecule is CC1(C)CN(Cl)CC[C@]2(C)[C@@H]1CC[C@]1(C)c3c(O)cc(O)cc3C[C@@H]21. The third kappa shape index (κ3) is 2.35. The molecule has 0 radical (unpaired) electrons. The first-order valence-electron chi connectivity index (χ1n) is 9.54. The van der Waals surface area contributed by atoms with Gasteiger partial charge in [0.15, 0.2) is 0 Å². The average molecular weight is 364 g/mol. The Labute approximate surface area is 156 Å². The van der Waals surface area contributed by atoms with Gasteiger partial charge in [-0.05, 0) is 71.8 Å². The smallest absolute Gasteiger partial charge is 0.123 e. The molecule has 1 aromatic carbocycles. The van der Waals surface area contributed by atoms with E-state index in [-0.39, 0.29) is 27.7 Å². The van der Waals surface area contributed by atoms with Gasteiger partial charge in [-0.15, -0.1) is 0 Å². The lowest BCUT2D eigenvalue weighted by molar-refractivity contribution is -0.0573. The summed E-state index contributed by atoms with van der Waals surface area (Å²) in [6.45, 7) is 11.4. The summed E-state index contributed by atoms with van der Waals surface area (Å²) in [5.74, 6) is 1.54. The van der Waals surface area contributed by atoms with E-state index in [4.69, 9.17) is 11.8 Å². The van der Waals surface area contributed by atoms with Crippen LogP contribution in [0.15, 0.2) is 12.1 Å². The highest BCUT2D eigenvalue weighted by atomic mass is 35.5. The highest BCUT2D eigenvalue weighted by molar-refractivity contribution is 6.13. The van der Waals surface area contributed by atoms with Crippen LogP contribution in [-0.2, 0) is 11.8 Å². The van der Waals surface area contributed by atoms with E-state index < -0.39 is 0 Å². The van der Waals surface area contributed by atoms with Gasteiger partial charge in [-0.1, -0.05) is 27.7 Å². The summed E-state index contributed by atoms with van der Waals surface area (Å²) in [5, 5.41) is 20.6. The maximum Gasteiger partial charge on any atom is 0.123 e. The van der Waals surface area contributed by atoms with Crippen LogP contribution >= 0.6 is 11.8 Å². The van der Waals surface area contributed by atoms with Crippen LogP contribution in [0.2, 0.25) is 0 Å². The molecule has 0 aromatic heterocycles. The molecule has 0 unspecified atom stereocenters. The van der Waals surface area contributed by atoms with Crippen molar-refractivity contribution in [3.05, 3.63) is 23.3 Å². The van der Waals surface area contributed by atoms with E-state index in [0.717, 1.165) is 43.5 Å². The van der Waals surface area contributed by atoms with Crippen LogP contribution < -0.4 is 0 Å². The van der Waals surface area contributed by atoms with Crippen molar-refractivity contribution in [1.29, 1.82) is 0 Å². The molecule has 2 fully saturated rings. The largest absolute Gasteiger partial charge is 0.508 e. The van der Waals surface area contributed by atoms with Gasteiger partial charge in [-0.2, -0.15) is 0 Å². The molecule has 0 amide bonds. The third-order valence-corrected chi connectivity index (χ3v) is 8.20. The topological polar surface area (TPSA) is 43.7 Å². The molecular weight excluding hydrogens is 334 g/mol.